The minimum Gasteiger partial charge on any atom is -0.481 e. The molecular weight excluding hydrogens is 268 g/mol. The average Bonchev–Trinajstić information content (AvgIpc) is 2.40. The first kappa shape index (κ1) is 15.0. The van der Waals surface area contributed by atoms with Crippen LogP contribution in [-0.2, 0) is 11.2 Å². The Morgan fingerprint density at radius 3 is 2.38 bits per heavy atom. The summed E-state index contributed by atoms with van der Waals surface area (Å²) in [5, 5.41) is 8.84. The normalized spacial score (nSPS) is 10.6. The highest BCUT2D eigenvalue weighted by molar-refractivity contribution is 5.67. The molecule has 2 aromatic rings. The summed E-state index contributed by atoms with van der Waals surface area (Å²) in [6.07, 6.45) is 0.390. The molecule has 110 valence electrons. The number of carboxylic acids is 1. The van der Waals surface area contributed by atoms with E-state index in [0.717, 1.165) is 22.5 Å². The molecule has 0 amide bonds. The van der Waals surface area contributed by atoms with Crippen molar-refractivity contribution in [3.63, 3.8) is 0 Å². The van der Waals surface area contributed by atoms with E-state index in [-0.39, 0.29) is 12.1 Å². The van der Waals surface area contributed by atoms with Crippen molar-refractivity contribution in [3.05, 3.63) is 57.3 Å². The number of hydrogen-bond donors (Lipinski definition) is 1. The van der Waals surface area contributed by atoms with Gasteiger partial charge in [0.05, 0.1) is 5.69 Å². The summed E-state index contributed by atoms with van der Waals surface area (Å²) in [4.78, 5) is 27.0. The van der Waals surface area contributed by atoms with E-state index >= 15 is 0 Å². The number of carbonyl (C=O) groups is 1. The number of aromatic nitrogens is 2. The largest absolute Gasteiger partial charge is 0.481 e. The van der Waals surface area contributed by atoms with Gasteiger partial charge in [0.25, 0.3) is 0 Å². The predicted molar refractivity (Wildman–Crippen MR) is 80.0 cm³/mol. The summed E-state index contributed by atoms with van der Waals surface area (Å²) in [6, 6.07) is 7.58. The van der Waals surface area contributed by atoms with E-state index in [1.165, 1.54) is 4.57 Å². The summed E-state index contributed by atoms with van der Waals surface area (Å²) in [5.41, 5.74) is 3.67. The van der Waals surface area contributed by atoms with Crippen molar-refractivity contribution in [1.82, 2.24) is 9.55 Å². The highest BCUT2D eigenvalue weighted by Crippen LogP contribution is 2.16. The second-order valence-corrected chi connectivity index (χ2v) is 5.11. The maximum atomic E-state index is 12.2. The molecule has 1 N–H and O–H groups in total. The molecule has 0 saturated heterocycles. The Labute approximate surface area is 122 Å². The Kier molecular flexibility index (Phi) is 4.21. The Bertz CT molecular complexity index is 730. The lowest BCUT2D eigenvalue weighted by atomic mass is 10.1. The van der Waals surface area contributed by atoms with Crippen LogP contribution in [0.1, 0.15) is 28.9 Å². The number of nitrogens with zero attached hydrogens (tertiary/aromatic N) is 2. The molecule has 0 unspecified atom stereocenters. The van der Waals surface area contributed by atoms with E-state index in [1.54, 1.807) is 6.92 Å². The molecule has 0 fully saturated rings. The Morgan fingerprint density at radius 2 is 1.81 bits per heavy atom. The van der Waals surface area contributed by atoms with Crippen LogP contribution in [0.3, 0.4) is 0 Å². The molecule has 2 rings (SSSR count). The first-order chi connectivity index (χ1) is 9.90. The van der Waals surface area contributed by atoms with Crippen LogP contribution in [0, 0.1) is 20.8 Å². The van der Waals surface area contributed by atoms with Gasteiger partial charge >= 0.3 is 11.7 Å². The third-order valence-corrected chi connectivity index (χ3v) is 3.54. The van der Waals surface area contributed by atoms with E-state index in [1.807, 2.05) is 38.1 Å². The van der Waals surface area contributed by atoms with Gasteiger partial charge in [-0.3, -0.25) is 9.36 Å². The minimum absolute atomic E-state index is 0.0233. The van der Waals surface area contributed by atoms with Gasteiger partial charge in [-0.2, -0.15) is 4.98 Å². The zero-order chi connectivity index (χ0) is 15.6. The maximum Gasteiger partial charge on any atom is 0.352 e. The zero-order valence-electron chi connectivity index (χ0n) is 12.4. The van der Waals surface area contributed by atoms with Crippen molar-refractivity contribution in [2.75, 3.05) is 0 Å². The van der Waals surface area contributed by atoms with Crippen LogP contribution in [0.2, 0.25) is 0 Å². The summed E-state index contributed by atoms with van der Waals surface area (Å²) < 4.78 is 1.53. The molecular formula is C16H18N2O3. The van der Waals surface area contributed by atoms with Gasteiger partial charge in [-0.1, -0.05) is 17.7 Å². The third kappa shape index (κ3) is 3.18. The lowest BCUT2D eigenvalue weighted by Gasteiger charge is -2.15. The van der Waals surface area contributed by atoms with Crippen LogP contribution in [0.15, 0.2) is 29.1 Å². The summed E-state index contributed by atoms with van der Waals surface area (Å²) >= 11 is 0. The summed E-state index contributed by atoms with van der Waals surface area (Å²) in [6.45, 7) is 5.54. The molecule has 0 bridgehead atoms. The van der Waals surface area contributed by atoms with Crippen molar-refractivity contribution < 1.29 is 9.90 Å². The van der Waals surface area contributed by atoms with E-state index in [0.29, 0.717) is 12.1 Å². The smallest absolute Gasteiger partial charge is 0.352 e. The molecule has 0 radical (unpaired) electrons. The molecule has 5 nitrogen and oxygen atoms in total. The number of benzene rings is 1. The second-order valence-electron chi connectivity index (χ2n) is 5.11. The zero-order valence-corrected chi connectivity index (χ0v) is 12.4. The van der Waals surface area contributed by atoms with Crippen LogP contribution < -0.4 is 5.69 Å². The Hall–Kier alpha value is -2.43. The number of rotatable bonds is 4. The molecule has 1 aromatic carbocycles. The highest BCUT2D eigenvalue weighted by atomic mass is 16.4. The number of aryl methyl sites for hydroxylation is 2. The van der Waals surface area contributed by atoms with Gasteiger partial charge < -0.3 is 5.11 Å². The molecule has 1 aromatic heterocycles. The fourth-order valence-corrected chi connectivity index (χ4v) is 2.39. The van der Waals surface area contributed by atoms with E-state index in [9.17, 15) is 9.59 Å². The van der Waals surface area contributed by atoms with Gasteiger partial charge in [-0.05, 0) is 44.9 Å². The standard InChI is InChI=1S/C16H18N2O3/c1-10-4-6-13(7-5-10)18-12(3)14(8-9-15(19)20)11(2)17-16(18)21/h4-7H,8-9H2,1-3H3,(H,19,20). The lowest BCUT2D eigenvalue weighted by Crippen LogP contribution is -2.26. The third-order valence-electron chi connectivity index (χ3n) is 3.54. The number of hydrogen-bond acceptors (Lipinski definition) is 3. The molecule has 0 aliphatic rings. The van der Waals surface area contributed by atoms with Crippen LogP contribution in [-0.4, -0.2) is 20.6 Å². The van der Waals surface area contributed by atoms with Crippen molar-refractivity contribution in [2.45, 2.75) is 33.6 Å². The Morgan fingerprint density at radius 1 is 1.19 bits per heavy atom. The van der Waals surface area contributed by atoms with Gasteiger partial charge in [0.1, 0.15) is 0 Å². The van der Waals surface area contributed by atoms with Gasteiger partial charge in [0, 0.05) is 17.8 Å². The van der Waals surface area contributed by atoms with Crippen LogP contribution in [0.25, 0.3) is 5.69 Å². The molecule has 5 heteroatoms. The van der Waals surface area contributed by atoms with Gasteiger partial charge in [-0.25, -0.2) is 4.79 Å². The van der Waals surface area contributed by atoms with Crippen LogP contribution in [0.4, 0.5) is 0 Å². The first-order valence-electron chi connectivity index (χ1n) is 6.78. The highest BCUT2D eigenvalue weighted by Gasteiger charge is 2.13. The van der Waals surface area contributed by atoms with Gasteiger partial charge in [0.15, 0.2) is 0 Å². The quantitative estimate of drug-likeness (QED) is 0.935. The van der Waals surface area contributed by atoms with Crippen molar-refractivity contribution in [2.24, 2.45) is 0 Å². The molecule has 0 atom stereocenters. The second kappa shape index (κ2) is 5.91. The molecule has 0 saturated carbocycles. The van der Waals surface area contributed by atoms with Crippen LogP contribution >= 0.6 is 0 Å². The van der Waals surface area contributed by atoms with Gasteiger partial charge in [0.2, 0.25) is 0 Å². The van der Waals surface area contributed by atoms with Crippen molar-refractivity contribution >= 4 is 5.97 Å². The Balaban J connectivity index is 2.56. The van der Waals surface area contributed by atoms with Crippen molar-refractivity contribution in [1.29, 1.82) is 0 Å². The number of carboxylic acid groups (broad SMARTS) is 1. The molecule has 0 aliphatic carbocycles. The summed E-state index contributed by atoms with van der Waals surface area (Å²) in [7, 11) is 0. The number of aliphatic carboxylic acids is 1. The van der Waals surface area contributed by atoms with Crippen molar-refractivity contribution in [3.8, 4) is 5.69 Å². The first-order valence-corrected chi connectivity index (χ1v) is 6.78. The predicted octanol–water partition coefficient (Wildman–Crippen LogP) is 2.17. The van der Waals surface area contributed by atoms with E-state index in [4.69, 9.17) is 5.11 Å². The summed E-state index contributed by atoms with van der Waals surface area (Å²) in [5.74, 6) is -0.859. The fraction of sp³-hybridized carbons (Fsp3) is 0.312. The van der Waals surface area contributed by atoms with E-state index < -0.39 is 5.97 Å². The SMILES string of the molecule is Cc1ccc(-n2c(C)c(CCC(=O)O)c(C)nc2=O)cc1. The minimum atomic E-state index is -0.859. The van der Waals surface area contributed by atoms with Crippen LogP contribution in [0.5, 0.6) is 0 Å². The average molecular weight is 286 g/mol. The fourth-order valence-electron chi connectivity index (χ4n) is 2.39. The van der Waals surface area contributed by atoms with E-state index in [2.05, 4.69) is 4.98 Å². The molecule has 0 spiro atoms. The maximum absolute atomic E-state index is 12.2. The molecule has 1 heterocycles. The van der Waals surface area contributed by atoms with Gasteiger partial charge in [-0.15, -0.1) is 0 Å². The lowest BCUT2D eigenvalue weighted by molar-refractivity contribution is -0.136. The molecule has 0 aliphatic heterocycles. The monoisotopic (exact) mass is 286 g/mol. The molecule has 21 heavy (non-hydrogen) atoms. The topological polar surface area (TPSA) is 72.2 Å².